The first-order valence-electron chi connectivity index (χ1n) is 14.7. The van der Waals surface area contributed by atoms with E-state index in [1.54, 1.807) is 41.1 Å². The largest absolute Gasteiger partial charge is 0.480 e. The number of aromatic nitrogens is 7. The van der Waals surface area contributed by atoms with Crippen molar-refractivity contribution in [2.75, 3.05) is 7.11 Å². The highest BCUT2D eigenvalue weighted by atomic mass is 19.4. The third kappa shape index (κ3) is 5.45. The van der Waals surface area contributed by atoms with Gasteiger partial charge in [-0.2, -0.15) is 13.2 Å². The summed E-state index contributed by atoms with van der Waals surface area (Å²) in [5, 5.41) is 11.4. The van der Waals surface area contributed by atoms with Gasteiger partial charge < -0.3 is 14.4 Å². The molecule has 0 radical (unpaired) electrons. The molecule has 0 saturated heterocycles. The Morgan fingerprint density at radius 1 is 1.02 bits per heavy atom. The SMILES string of the molecule is COc1ncnc(C2CC2)c1-c1ncc2cc(C(C)(C)O)c(=O)n(Cc3ccc(-c4nc(C(F)(F)F)cn4C4CC4)cc3)c2n1. The minimum absolute atomic E-state index is 0.000688. The van der Waals surface area contributed by atoms with Crippen molar-refractivity contribution >= 4 is 11.0 Å². The number of fused-ring (bicyclic) bond motifs is 1. The molecule has 5 aromatic rings. The van der Waals surface area contributed by atoms with E-state index in [1.807, 2.05) is 0 Å². The molecule has 0 bridgehead atoms. The molecule has 4 aromatic heterocycles. The van der Waals surface area contributed by atoms with Crippen LogP contribution in [0.15, 0.2) is 53.8 Å². The molecule has 0 unspecified atom stereocenters. The molecular weight excluding hydrogens is 587 g/mol. The summed E-state index contributed by atoms with van der Waals surface area (Å²) in [6, 6.07) is 8.52. The summed E-state index contributed by atoms with van der Waals surface area (Å²) >= 11 is 0. The lowest BCUT2D eigenvalue weighted by Gasteiger charge is -2.20. The molecule has 2 aliphatic rings. The van der Waals surface area contributed by atoms with Crippen LogP contribution in [0, 0.1) is 0 Å². The molecule has 0 aliphatic heterocycles. The molecule has 0 spiro atoms. The van der Waals surface area contributed by atoms with Crippen LogP contribution in [0.4, 0.5) is 13.2 Å². The predicted molar refractivity (Wildman–Crippen MR) is 159 cm³/mol. The molecule has 232 valence electrons. The zero-order valence-electron chi connectivity index (χ0n) is 24.8. The highest BCUT2D eigenvalue weighted by Gasteiger charge is 2.37. The van der Waals surface area contributed by atoms with E-state index in [2.05, 4.69) is 19.9 Å². The van der Waals surface area contributed by atoms with E-state index in [-0.39, 0.29) is 29.9 Å². The Labute approximate surface area is 255 Å². The van der Waals surface area contributed by atoms with Crippen molar-refractivity contribution in [2.24, 2.45) is 0 Å². The lowest BCUT2D eigenvalue weighted by molar-refractivity contribution is -0.140. The summed E-state index contributed by atoms with van der Waals surface area (Å²) in [5.41, 5.74) is 0.327. The number of methoxy groups -OCH3 is 1. The molecule has 1 N–H and O–H groups in total. The van der Waals surface area contributed by atoms with Crippen LogP contribution in [0.5, 0.6) is 5.88 Å². The van der Waals surface area contributed by atoms with Gasteiger partial charge in [-0.25, -0.2) is 24.9 Å². The molecule has 2 aliphatic carbocycles. The zero-order valence-corrected chi connectivity index (χ0v) is 24.8. The molecular formula is C32H30F3N7O3. The standard InChI is InChI=1S/C32H30F3N7O3/c1-31(2,44)22-12-20-13-36-26(24-25(18-8-9-18)37-16-38-29(24)45-3)40-28(20)42(30(22)43)14-17-4-6-19(7-5-17)27-39-23(32(33,34)35)15-41(27)21-10-11-21/h4-7,12-13,15-16,18,21,44H,8-11,14H2,1-3H3. The Hall–Kier alpha value is -4.65. The van der Waals surface area contributed by atoms with Crippen LogP contribution >= 0.6 is 0 Å². The molecule has 45 heavy (non-hydrogen) atoms. The number of aliphatic hydroxyl groups is 1. The third-order valence-corrected chi connectivity index (χ3v) is 8.22. The second-order valence-electron chi connectivity index (χ2n) is 12.2. The molecule has 1 aromatic carbocycles. The molecule has 13 heteroatoms. The maximum Gasteiger partial charge on any atom is 0.434 e. The Bertz CT molecular complexity index is 1990. The number of hydrogen-bond donors (Lipinski definition) is 1. The van der Waals surface area contributed by atoms with Gasteiger partial charge in [-0.15, -0.1) is 0 Å². The molecule has 7 rings (SSSR count). The average Bonchev–Trinajstić information content (AvgIpc) is 3.95. The van der Waals surface area contributed by atoms with Crippen LogP contribution in [0.25, 0.3) is 33.8 Å². The second-order valence-corrected chi connectivity index (χ2v) is 12.2. The smallest absolute Gasteiger partial charge is 0.434 e. The zero-order chi connectivity index (χ0) is 31.7. The number of imidazole rings is 1. The Balaban J connectivity index is 1.32. The summed E-state index contributed by atoms with van der Waals surface area (Å²) in [6.45, 7) is 3.16. The third-order valence-electron chi connectivity index (χ3n) is 8.22. The quantitative estimate of drug-likeness (QED) is 0.238. The van der Waals surface area contributed by atoms with E-state index in [0.29, 0.717) is 39.4 Å². The van der Waals surface area contributed by atoms with E-state index in [1.165, 1.54) is 31.9 Å². The highest BCUT2D eigenvalue weighted by molar-refractivity contribution is 5.79. The minimum atomic E-state index is -4.54. The van der Waals surface area contributed by atoms with Crippen molar-refractivity contribution < 1.29 is 23.0 Å². The van der Waals surface area contributed by atoms with Gasteiger partial charge in [-0.1, -0.05) is 24.3 Å². The van der Waals surface area contributed by atoms with Crippen LogP contribution in [-0.4, -0.2) is 46.3 Å². The molecule has 4 heterocycles. The highest BCUT2D eigenvalue weighted by Crippen LogP contribution is 2.45. The topological polar surface area (TPSA) is 121 Å². The maximum absolute atomic E-state index is 13.9. The first-order chi connectivity index (χ1) is 21.4. The number of halogens is 3. The van der Waals surface area contributed by atoms with Gasteiger partial charge in [0, 0.05) is 40.9 Å². The Kier molecular flexibility index (Phi) is 6.77. The number of alkyl halides is 3. The van der Waals surface area contributed by atoms with Gasteiger partial charge in [-0.3, -0.25) is 9.36 Å². The molecule has 2 saturated carbocycles. The van der Waals surface area contributed by atoms with E-state index >= 15 is 0 Å². The van der Waals surface area contributed by atoms with Gasteiger partial charge in [-0.05, 0) is 51.2 Å². The Morgan fingerprint density at radius 3 is 2.38 bits per heavy atom. The van der Waals surface area contributed by atoms with E-state index in [4.69, 9.17) is 9.72 Å². The number of ether oxygens (including phenoxy) is 1. The fourth-order valence-electron chi connectivity index (χ4n) is 5.59. The van der Waals surface area contributed by atoms with Crippen molar-refractivity contribution in [3.8, 4) is 28.7 Å². The Morgan fingerprint density at radius 2 is 1.76 bits per heavy atom. The van der Waals surface area contributed by atoms with Crippen molar-refractivity contribution in [3.05, 3.63) is 81.9 Å². The normalized spacial score (nSPS) is 15.5. The fraction of sp³-hybridized carbons (Fsp3) is 0.375. The van der Waals surface area contributed by atoms with Crippen molar-refractivity contribution in [1.29, 1.82) is 0 Å². The lowest BCUT2D eigenvalue weighted by Crippen LogP contribution is -2.32. The van der Waals surface area contributed by atoms with E-state index in [9.17, 15) is 23.1 Å². The average molecular weight is 618 g/mol. The first kappa shape index (κ1) is 29.1. The van der Waals surface area contributed by atoms with Crippen molar-refractivity contribution in [3.63, 3.8) is 0 Å². The van der Waals surface area contributed by atoms with Crippen LogP contribution < -0.4 is 10.3 Å². The van der Waals surface area contributed by atoms with Crippen LogP contribution in [0.1, 0.15) is 74.0 Å². The molecule has 0 amide bonds. The number of pyridine rings is 1. The van der Waals surface area contributed by atoms with Crippen molar-refractivity contribution in [2.45, 2.75) is 69.8 Å². The van der Waals surface area contributed by atoms with Crippen LogP contribution in [-0.2, 0) is 18.3 Å². The summed E-state index contributed by atoms with van der Waals surface area (Å²) in [5.74, 6) is 1.15. The van der Waals surface area contributed by atoms with Gasteiger partial charge >= 0.3 is 6.18 Å². The minimum Gasteiger partial charge on any atom is -0.480 e. The monoisotopic (exact) mass is 617 g/mol. The van der Waals surface area contributed by atoms with Gasteiger partial charge in [0.15, 0.2) is 11.5 Å². The second kappa shape index (κ2) is 10.5. The van der Waals surface area contributed by atoms with Gasteiger partial charge in [0.25, 0.3) is 5.56 Å². The molecule has 10 nitrogen and oxygen atoms in total. The van der Waals surface area contributed by atoms with Crippen molar-refractivity contribution in [1.82, 2.24) is 34.1 Å². The number of benzene rings is 1. The fourth-order valence-corrected chi connectivity index (χ4v) is 5.59. The predicted octanol–water partition coefficient (Wildman–Crippen LogP) is 5.63. The molecule has 0 atom stereocenters. The number of nitrogens with zero attached hydrogens (tertiary/aromatic N) is 7. The van der Waals surface area contributed by atoms with Crippen LogP contribution in [0.3, 0.4) is 0 Å². The number of hydrogen-bond acceptors (Lipinski definition) is 8. The summed E-state index contributed by atoms with van der Waals surface area (Å²) < 4.78 is 49.0. The number of rotatable bonds is 8. The van der Waals surface area contributed by atoms with E-state index in [0.717, 1.165) is 37.6 Å². The summed E-state index contributed by atoms with van der Waals surface area (Å²) in [4.78, 5) is 36.0. The molecule has 2 fully saturated rings. The van der Waals surface area contributed by atoms with Crippen LogP contribution in [0.2, 0.25) is 0 Å². The van der Waals surface area contributed by atoms with Gasteiger partial charge in [0.1, 0.15) is 23.4 Å². The maximum atomic E-state index is 13.9. The van der Waals surface area contributed by atoms with Gasteiger partial charge in [0.2, 0.25) is 5.88 Å². The summed E-state index contributed by atoms with van der Waals surface area (Å²) in [6.07, 6.45) is 3.16. The first-order valence-corrected chi connectivity index (χ1v) is 14.7. The lowest BCUT2D eigenvalue weighted by atomic mass is 9.98. The van der Waals surface area contributed by atoms with E-state index < -0.39 is 23.0 Å². The van der Waals surface area contributed by atoms with Gasteiger partial charge in [0.05, 0.1) is 24.9 Å². The summed E-state index contributed by atoms with van der Waals surface area (Å²) in [7, 11) is 1.51.